The number of rotatable bonds is 10. The van der Waals surface area contributed by atoms with Gasteiger partial charge in [0.25, 0.3) is 0 Å². The normalized spacial score (nSPS) is 13.4. The molecule has 31 heavy (non-hydrogen) atoms. The SMILES string of the molecule is COc1ccc(CNC[C@@H](O)[C@H](Cc2ccccc2)N(C(=O)O)C(C)(C)C)cc1OC. The highest BCUT2D eigenvalue weighted by atomic mass is 16.5. The fraction of sp³-hybridized carbons (Fsp3) is 0.458. The van der Waals surface area contributed by atoms with Gasteiger partial charge in [-0.05, 0) is 50.5 Å². The highest BCUT2D eigenvalue weighted by Gasteiger charge is 2.37. The van der Waals surface area contributed by atoms with Gasteiger partial charge in [-0.1, -0.05) is 36.4 Å². The van der Waals surface area contributed by atoms with Gasteiger partial charge in [0.1, 0.15) is 0 Å². The van der Waals surface area contributed by atoms with E-state index in [4.69, 9.17) is 9.47 Å². The fourth-order valence-electron chi connectivity index (χ4n) is 3.67. The molecule has 1 amide bonds. The predicted octanol–water partition coefficient (Wildman–Crippen LogP) is 3.54. The van der Waals surface area contributed by atoms with Gasteiger partial charge in [-0.2, -0.15) is 0 Å². The van der Waals surface area contributed by atoms with Crippen LogP contribution in [0.2, 0.25) is 0 Å². The van der Waals surface area contributed by atoms with Crippen molar-refractivity contribution in [2.24, 2.45) is 0 Å². The van der Waals surface area contributed by atoms with Gasteiger partial charge in [-0.15, -0.1) is 0 Å². The van der Waals surface area contributed by atoms with Crippen molar-refractivity contribution in [3.05, 3.63) is 59.7 Å². The molecule has 2 rings (SSSR count). The predicted molar refractivity (Wildman–Crippen MR) is 121 cm³/mol. The Balaban J connectivity index is 2.13. The summed E-state index contributed by atoms with van der Waals surface area (Å²) in [5.41, 5.74) is 1.28. The number of nitrogens with one attached hydrogen (secondary N) is 1. The van der Waals surface area contributed by atoms with Gasteiger partial charge in [0.2, 0.25) is 0 Å². The molecule has 2 aromatic carbocycles. The quantitative estimate of drug-likeness (QED) is 0.534. The van der Waals surface area contributed by atoms with Crippen LogP contribution >= 0.6 is 0 Å². The molecule has 0 unspecified atom stereocenters. The van der Waals surface area contributed by atoms with Crippen molar-refractivity contribution < 1.29 is 24.5 Å². The Labute approximate surface area is 184 Å². The molecule has 2 atom stereocenters. The van der Waals surface area contributed by atoms with Crippen LogP contribution in [0.1, 0.15) is 31.9 Å². The van der Waals surface area contributed by atoms with Crippen molar-refractivity contribution in [3.63, 3.8) is 0 Å². The number of hydrogen-bond donors (Lipinski definition) is 3. The van der Waals surface area contributed by atoms with Crippen LogP contribution in [0.5, 0.6) is 11.5 Å². The lowest BCUT2D eigenvalue weighted by Gasteiger charge is -2.42. The number of aliphatic hydroxyl groups is 1. The van der Waals surface area contributed by atoms with E-state index in [1.807, 2.05) is 69.3 Å². The van der Waals surface area contributed by atoms with Gasteiger partial charge >= 0.3 is 6.09 Å². The molecule has 0 saturated heterocycles. The number of ether oxygens (including phenoxy) is 2. The number of benzene rings is 2. The highest BCUT2D eigenvalue weighted by molar-refractivity contribution is 5.66. The molecule has 7 nitrogen and oxygen atoms in total. The first kappa shape index (κ1) is 24.5. The molecule has 0 fully saturated rings. The Morgan fingerprint density at radius 2 is 1.68 bits per heavy atom. The second-order valence-corrected chi connectivity index (χ2v) is 8.47. The first-order valence-electron chi connectivity index (χ1n) is 10.3. The van der Waals surface area contributed by atoms with Gasteiger partial charge < -0.3 is 25.0 Å². The smallest absolute Gasteiger partial charge is 0.408 e. The van der Waals surface area contributed by atoms with Crippen molar-refractivity contribution in [1.82, 2.24) is 10.2 Å². The molecule has 0 aliphatic carbocycles. The van der Waals surface area contributed by atoms with E-state index in [1.54, 1.807) is 14.2 Å². The summed E-state index contributed by atoms with van der Waals surface area (Å²) in [6.45, 7) is 6.25. The van der Waals surface area contributed by atoms with E-state index < -0.39 is 23.8 Å². The molecular weight excluding hydrogens is 396 g/mol. The minimum absolute atomic E-state index is 0.242. The molecule has 0 spiro atoms. The highest BCUT2D eigenvalue weighted by Crippen LogP contribution is 2.27. The van der Waals surface area contributed by atoms with Crippen molar-refractivity contribution in [2.75, 3.05) is 20.8 Å². The van der Waals surface area contributed by atoms with Gasteiger partial charge in [-0.25, -0.2) is 4.79 Å². The van der Waals surface area contributed by atoms with Crippen molar-refractivity contribution >= 4 is 6.09 Å². The van der Waals surface area contributed by atoms with E-state index in [9.17, 15) is 15.0 Å². The summed E-state index contributed by atoms with van der Waals surface area (Å²) in [5, 5.41) is 24.1. The van der Waals surface area contributed by atoms with Crippen LogP contribution in [-0.2, 0) is 13.0 Å². The number of amides is 1. The minimum Gasteiger partial charge on any atom is -0.493 e. The van der Waals surface area contributed by atoms with Crippen LogP contribution < -0.4 is 14.8 Å². The Bertz CT molecular complexity index is 836. The van der Waals surface area contributed by atoms with Crippen LogP contribution in [0, 0.1) is 0 Å². The number of carbonyl (C=O) groups is 1. The van der Waals surface area contributed by atoms with Crippen LogP contribution in [0.3, 0.4) is 0 Å². The molecule has 0 bridgehead atoms. The lowest BCUT2D eigenvalue weighted by molar-refractivity contribution is 0.00770. The Morgan fingerprint density at radius 1 is 1.03 bits per heavy atom. The number of hydrogen-bond acceptors (Lipinski definition) is 5. The first-order valence-corrected chi connectivity index (χ1v) is 10.3. The maximum Gasteiger partial charge on any atom is 0.408 e. The third-order valence-corrected chi connectivity index (χ3v) is 5.12. The summed E-state index contributed by atoms with van der Waals surface area (Å²) in [7, 11) is 3.17. The number of aliphatic hydroxyl groups excluding tert-OH is 1. The number of nitrogens with zero attached hydrogens (tertiary/aromatic N) is 1. The Morgan fingerprint density at radius 3 is 2.23 bits per heavy atom. The van der Waals surface area contributed by atoms with Crippen LogP contribution in [0.4, 0.5) is 4.79 Å². The van der Waals surface area contributed by atoms with E-state index in [0.29, 0.717) is 24.5 Å². The molecular formula is C24H34N2O5. The molecule has 0 heterocycles. The van der Waals surface area contributed by atoms with Gasteiger partial charge in [0.15, 0.2) is 11.5 Å². The van der Waals surface area contributed by atoms with E-state index >= 15 is 0 Å². The molecule has 0 aromatic heterocycles. The van der Waals surface area contributed by atoms with E-state index in [1.165, 1.54) is 4.90 Å². The minimum atomic E-state index is -1.05. The van der Waals surface area contributed by atoms with Crippen LogP contribution in [-0.4, -0.2) is 59.7 Å². The van der Waals surface area contributed by atoms with Crippen molar-refractivity contribution in [2.45, 2.75) is 51.4 Å². The number of methoxy groups -OCH3 is 2. The second kappa shape index (κ2) is 11.0. The summed E-state index contributed by atoms with van der Waals surface area (Å²) < 4.78 is 10.6. The van der Waals surface area contributed by atoms with Gasteiger partial charge in [0, 0.05) is 18.6 Å². The van der Waals surface area contributed by atoms with E-state index in [2.05, 4.69) is 5.32 Å². The van der Waals surface area contributed by atoms with E-state index in [0.717, 1.165) is 11.1 Å². The van der Waals surface area contributed by atoms with E-state index in [-0.39, 0.29) is 6.54 Å². The summed E-state index contributed by atoms with van der Waals surface area (Å²) in [6.07, 6.45) is -1.52. The lowest BCUT2D eigenvalue weighted by Crippen LogP contribution is -2.58. The zero-order valence-corrected chi connectivity index (χ0v) is 19.0. The van der Waals surface area contributed by atoms with Gasteiger partial charge in [-0.3, -0.25) is 4.90 Å². The topological polar surface area (TPSA) is 91.3 Å². The molecule has 0 aliphatic heterocycles. The molecule has 2 aromatic rings. The van der Waals surface area contributed by atoms with Crippen LogP contribution in [0.25, 0.3) is 0 Å². The first-order chi connectivity index (χ1) is 14.7. The van der Waals surface area contributed by atoms with Crippen LogP contribution in [0.15, 0.2) is 48.5 Å². The Hall–Kier alpha value is -2.77. The molecule has 170 valence electrons. The summed E-state index contributed by atoms with van der Waals surface area (Å²) >= 11 is 0. The molecule has 3 N–H and O–H groups in total. The maximum atomic E-state index is 12.1. The summed E-state index contributed by atoms with van der Waals surface area (Å²) in [5.74, 6) is 1.28. The maximum absolute atomic E-state index is 12.1. The monoisotopic (exact) mass is 430 g/mol. The standard InChI is InChI=1S/C24H34N2O5/c1-24(2,3)26(23(28)29)19(13-17-9-7-6-8-10-17)20(27)16-25-15-18-11-12-21(30-4)22(14-18)31-5/h6-12,14,19-20,25,27H,13,15-16H2,1-5H3,(H,28,29)/t19-,20+/m0/s1. The molecule has 7 heteroatoms. The summed E-state index contributed by atoms with van der Waals surface area (Å²) in [4.78, 5) is 13.4. The van der Waals surface area contributed by atoms with Crippen molar-refractivity contribution in [3.8, 4) is 11.5 Å². The molecule has 0 aliphatic rings. The largest absolute Gasteiger partial charge is 0.493 e. The zero-order chi connectivity index (χ0) is 23.0. The lowest BCUT2D eigenvalue weighted by atomic mass is 9.94. The average Bonchev–Trinajstić information content (AvgIpc) is 2.72. The fourth-order valence-corrected chi connectivity index (χ4v) is 3.67. The average molecular weight is 431 g/mol. The molecule has 0 saturated carbocycles. The summed E-state index contributed by atoms with van der Waals surface area (Å²) in [6, 6.07) is 14.7. The van der Waals surface area contributed by atoms with Crippen molar-refractivity contribution in [1.29, 1.82) is 0 Å². The molecule has 0 radical (unpaired) electrons. The number of carboxylic acid groups (broad SMARTS) is 1. The third-order valence-electron chi connectivity index (χ3n) is 5.12. The van der Waals surface area contributed by atoms with Gasteiger partial charge in [0.05, 0.1) is 26.4 Å². The third kappa shape index (κ3) is 6.87. The zero-order valence-electron chi connectivity index (χ0n) is 19.0. The Kier molecular flexibility index (Phi) is 8.71. The second-order valence-electron chi connectivity index (χ2n) is 8.47.